The smallest absolute Gasteiger partial charge is 0.253 e. The monoisotopic (exact) mass is 241 g/mol. The molecular weight excluding hydrogens is 230 g/mol. The van der Waals surface area contributed by atoms with Gasteiger partial charge in [0.15, 0.2) is 5.76 Å². The summed E-state index contributed by atoms with van der Waals surface area (Å²) in [6, 6.07) is 9.26. The molecule has 5 heteroatoms. The lowest BCUT2D eigenvalue weighted by molar-refractivity contribution is 0.0948. The minimum atomic E-state index is -0.139. The summed E-state index contributed by atoms with van der Waals surface area (Å²) in [5, 5.41) is 7.39. The van der Waals surface area contributed by atoms with Crippen LogP contribution in [-0.4, -0.2) is 16.0 Å². The number of fused-ring (bicyclic) bond motifs is 1. The molecule has 2 heterocycles. The normalized spacial score (nSPS) is 10.7. The number of hydrogen-bond donors (Lipinski definition) is 2. The average molecular weight is 241 g/mol. The largest absolute Gasteiger partial charge is 0.361 e. The second-order valence-corrected chi connectivity index (χ2v) is 3.91. The summed E-state index contributed by atoms with van der Waals surface area (Å²) in [6.45, 7) is 0.329. The predicted octanol–water partition coefficient (Wildman–Crippen LogP) is 2.09. The quantitative estimate of drug-likeness (QED) is 0.737. The molecule has 90 valence electrons. The average Bonchev–Trinajstić information content (AvgIpc) is 3.05. The molecule has 18 heavy (non-hydrogen) atoms. The number of aromatic nitrogens is 2. The first kappa shape index (κ1) is 10.6. The Morgan fingerprint density at radius 3 is 3.11 bits per heavy atom. The molecule has 0 bridgehead atoms. The Labute approximate surface area is 103 Å². The summed E-state index contributed by atoms with van der Waals surface area (Å²) >= 11 is 0. The summed E-state index contributed by atoms with van der Waals surface area (Å²) in [5.74, 6) is 0.487. The Morgan fingerprint density at radius 1 is 1.33 bits per heavy atom. The molecule has 3 rings (SSSR count). The molecule has 1 amide bonds. The van der Waals surface area contributed by atoms with Crippen molar-refractivity contribution >= 4 is 16.8 Å². The second-order valence-electron chi connectivity index (χ2n) is 3.91. The van der Waals surface area contributed by atoms with Gasteiger partial charge in [-0.25, -0.2) is 0 Å². The number of hydrogen-bond acceptors (Lipinski definition) is 3. The van der Waals surface area contributed by atoms with Crippen molar-refractivity contribution in [3.8, 4) is 0 Å². The highest BCUT2D eigenvalue weighted by molar-refractivity contribution is 6.05. The first-order valence-electron chi connectivity index (χ1n) is 5.58. The third kappa shape index (κ3) is 1.86. The highest BCUT2D eigenvalue weighted by Gasteiger charge is 2.10. The number of rotatable bonds is 3. The molecule has 2 aromatic heterocycles. The molecular formula is C13H11N3O2. The molecule has 3 aromatic rings. The minimum Gasteiger partial charge on any atom is -0.361 e. The van der Waals surface area contributed by atoms with Gasteiger partial charge in [-0.15, -0.1) is 0 Å². The van der Waals surface area contributed by atoms with E-state index in [1.165, 1.54) is 0 Å². The lowest BCUT2D eigenvalue weighted by Gasteiger charge is -2.04. The summed E-state index contributed by atoms with van der Waals surface area (Å²) in [5.41, 5.74) is 1.46. The van der Waals surface area contributed by atoms with Crippen molar-refractivity contribution < 1.29 is 9.32 Å². The molecule has 0 atom stereocenters. The minimum absolute atomic E-state index is 0.139. The van der Waals surface area contributed by atoms with Crippen LogP contribution in [0.5, 0.6) is 0 Å². The fourth-order valence-corrected chi connectivity index (χ4v) is 1.87. The first-order valence-corrected chi connectivity index (χ1v) is 5.58. The fourth-order valence-electron chi connectivity index (χ4n) is 1.87. The maximum absolute atomic E-state index is 12.1. The van der Waals surface area contributed by atoms with Gasteiger partial charge in [-0.1, -0.05) is 17.3 Å². The Hall–Kier alpha value is -2.56. The second kappa shape index (κ2) is 4.37. The number of carbonyl (C=O) groups excluding carboxylic acids is 1. The van der Waals surface area contributed by atoms with Gasteiger partial charge in [0.05, 0.1) is 23.8 Å². The van der Waals surface area contributed by atoms with Crippen molar-refractivity contribution in [2.45, 2.75) is 6.54 Å². The van der Waals surface area contributed by atoms with E-state index in [-0.39, 0.29) is 5.91 Å². The van der Waals surface area contributed by atoms with Crippen molar-refractivity contribution in [3.63, 3.8) is 0 Å². The SMILES string of the molecule is O=C(NCc1ccno1)c1cccc2cc[nH]c12. The molecule has 0 saturated heterocycles. The molecule has 0 aliphatic carbocycles. The zero-order chi connectivity index (χ0) is 12.4. The van der Waals surface area contributed by atoms with Crippen LogP contribution in [0.1, 0.15) is 16.1 Å². The molecule has 0 aliphatic rings. The molecule has 0 fully saturated rings. The van der Waals surface area contributed by atoms with E-state index in [1.54, 1.807) is 18.3 Å². The van der Waals surface area contributed by atoms with Crippen molar-refractivity contribution in [2.24, 2.45) is 0 Å². The highest BCUT2D eigenvalue weighted by atomic mass is 16.5. The van der Waals surface area contributed by atoms with Crippen LogP contribution in [0.3, 0.4) is 0 Å². The number of nitrogens with zero attached hydrogens (tertiary/aromatic N) is 1. The van der Waals surface area contributed by atoms with Gasteiger partial charge < -0.3 is 14.8 Å². The maximum Gasteiger partial charge on any atom is 0.253 e. The van der Waals surface area contributed by atoms with Crippen LogP contribution in [0, 0.1) is 0 Å². The van der Waals surface area contributed by atoms with Crippen molar-refractivity contribution in [2.75, 3.05) is 0 Å². The van der Waals surface area contributed by atoms with Gasteiger partial charge >= 0.3 is 0 Å². The molecule has 0 spiro atoms. The molecule has 5 nitrogen and oxygen atoms in total. The third-order valence-corrected chi connectivity index (χ3v) is 2.75. The van der Waals surface area contributed by atoms with E-state index in [9.17, 15) is 4.79 Å². The summed E-state index contributed by atoms with van der Waals surface area (Å²) in [4.78, 5) is 15.1. The lowest BCUT2D eigenvalue weighted by atomic mass is 10.1. The van der Waals surface area contributed by atoms with Gasteiger partial charge in [-0.2, -0.15) is 0 Å². The number of amides is 1. The van der Waals surface area contributed by atoms with Gasteiger partial charge in [0.2, 0.25) is 0 Å². The predicted molar refractivity (Wildman–Crippen MR) is 66.0 cm³/mol. The number of nitrogens with one attached hydrogen (secondary N) is 2. The summed E-state index contributed by atoms with van der Waals surface area (Å²) in [6.07, 6.45) is 3.37. The lowest BCUT2D eigenvalue weighted by Crippen LogP contribution is -2.22. The molecule has 0 aliphatic heterocycles. The van der Waals surface area contributed by atoms with Crippen LogP contribution in [0.2, 0.25) is 0 Å². The third-order valence-electron chi connectivity index (χ3n) is 2.75. The number of carbonyl (C=O) groups is 1. The zero-order valence-electron chi connectivity index (χ0n) is 9.51. The topological polar surface area (TPSA) is 70.9 Å². The summed E-state index contributed by atoms with van der Waals surface area (Å²) in [7, 11) is 0. The van der Waals surface area contributed by atoms with E-state index in [1.807, 2.05) is 24.4 Å². The van der Waals surface area contributed by atoms with Crippen LogP contribution < -0.4 is 5.32 Å². The Bertz CT molecular complexity index is 670. The van der Waals surface area contributed by atoms with E-state index in [2.05, 4.69) is 15.5 Å². The van der Waals surface area contributed by atoms with Crippen LogP contribution in [0.4, 0.5) is 0 Å². The number of H-pyrrole nitrogens is 1. The van der Waals surface area contributed by atoms with Crippen LogP contribution in [-0.2, 0) is 6.54 Å². The number of aromatic amines is 1. The number of benzene rings is 1. The molecule has 0 radical (unpaired) electrons. The van der Waals surface area contributed by atoms with E-state index >= 15 is 0 Å². The van der Waals surface area contributed by atoms with Crippen LogP contribution >= 0.6 is 0 Å². The standard InChI is InChI=1S/C13H11N3O2/c17-13(15-8-10-5-7-16-18-10)11-3-1-2-9-4-6-14-12(9)11/h1-7,14H,8H2,(H,15,17). The Morgan fingerprint density at radius 2 is 2.28 bits per heavy atom. The molecule has 2 N–H and O–H groups in total. The van der Waals surface area contributed by atoms with Crippen LogP contribution in [0.15, 0.2) is 47.2 Å². The van der Waals surface area contributed by atoms with Crippen molar-refractivity contribution in [3.05, 3.63) is 54.0 Å². The zero-order valence-corrected chi connectivity index (χ0v) is 9.51. The molecule has 1 aromatic carbocycles. The Balaban J connectivity index is 1.81. The maximum atomic E-state index is 12.1. The fraction of sp³-hybridized carbons (Fsp3) is 0.0769. The van der Waals surface area contributed by atoms with E-state index in [0.29, 0.717) is 17.9 Å². The van der Waals surface area contributed by atoms with Gasteiger partial charge in [-0.3, -0.25) is 4.79 Å². The van der Waals surface area contributed by atoms with Gasteiger partial charge in [0.25, 0.3) is 5.91 Å². The van der Waals surface area contributed by atoms with E-state index in [4.69, 9.17) is 4.52 Å². The van der Waals surface area contributed by atoms with Crippen LogP contribution in [0.25, 0.3) is 10.9 Å². The molecule has 0 unspecified atom stereocenters. The van der Waals surface area contributed by atoms with E-state index in [0.717, 1.165) is 10.9 Å². The summed E-state index contributed by atoms with van der Waals surface area (Å²) < 4.78 is 4.92. The van der Waals surface area contributed by atoms with Gasteiger partial charge in [-0.05, 0) is 12.1 Å². The first-order chi connectivity index (χ1) is 8.84. The molecule has 0 saturated carbocycles. The van der Waals surface area contributed by atoms with Crippen molar-refractivity contribution in [1.29, 1.82) is 0 Å². The van der Waals surface area contributed by atoms with E-state index < -0.39 is 0 Å². The van der Waals surface area contributed by atoms with Gasteiger partial charge in [0.1, 0.15) is 0 Å². The Kier molecular flexibility index (Phi) is 2.57. The number of para-hydroxylation sites is 1. The van der Waals surface area contributed by atoms with Crippen molar-refractivity contribution in [1.82, 2.24) is 15.5 Å². The highest BCUT2D eigenvalue weighted by Crippen LogP contribution is 2.16. The van der Waals surface area contributed by atoms with Gasteiger partial charge in [0, 0.05) is 17.6 Å².